The van der Waals surface area contributed by atoms with Crippen LogP contribution in [0.1, 0.15) is 41.0 Å². The Kier molecular flexibility index (Phi) is 3.30. The minimum atomic E-state index is 0. The minimum absolute atomic E-state index is 0. The second-order valence-electron chi connectivity index (χ2n) is 5.03. The first-order valence-electron chi connectivity index (χ1n) is 6.41. The summed E-state index contributed by atoms with van der Waals surface area (Å²) in [5.74, 6) is 0.964. The van der Waals surface area contributed by atoms with Gasteiger partial charge in [-0.2, -0.15) is 0 Å². The Labute approximate surface area is 95.1 Å². The van der Waals surface area contributed by atoms with Crippen LogP contribution in [0.5, 0.6) is 0 Å². The standard InChI is InChI=1S/C11H15N.C3H8.H2/c1-2-4-9(5-3-1)11-6-10(11)7-12-8-11;1-3-2;/h2,4-5,10,12H,1,3,6-8H2;3H2,1-2H3;1H. The Morgan fingerprint density at radius 2 is 2.27 bits per heavy atom. The summed E-state index contributed by atoms with van der Waals surface area (Å²) in [6.45, 7) is 6.74. The average Bonchev–Trinajstić information content (AvgIpc) is 2.84. The van der Waals surface area contributed by atoms with Gasteiger partial charge in [0, 0.05) is 13.4 Å². The van der Waals surface area contributed by atoms with Crippen molar-refractivity contribution in [1.29, 1.82) is 0 Å². The van der Waals surface area contributed by atoms with E-state index in [1.807, 2.05) is 0 Å². The normalized spacial score (nSPS) is 36.4. The zero-order valence-corrected chi connectivity index (χ0v) is 10.1. The first-order chi connectivity index (χ1) is 7.33. The van der Waals surface area contributed by atoms with E-state index in [0.29, 0.717) is 5.41 Å². The topological polar surface area (TPSA) is 12.0 Å². The highest BCUT2D eigenvalue weighted by Gasteiger charge is 2.58. The first-order valence-corrected chi connectivity index (χ1v) is 6.41. The largest absolute Gasteiger partial charge is 0.316 e. The Morgan fingerprint density at radius 1 is 1.47 bits per heavy atom. The van der Waals surface area contributed by atoms with Crippen LogP contribution in [0.15, 0.2) is 23.8 Å². The van der Waals surface area contributed by atoms with Crippen molar-refractivity contribution in [1.82, 2.24) is 5.32 Å². The van der Waals surface area contributed by atoms with Gasteiger partial charge in [-0.05, 0) is 37.3 Å². The fourth-order valence-electron chi connectivity index (χ4n) is 2.77. The summed E-state index contributed by atoms with van der Waals surface area (Å²) in [6, 6.07) is 0. The average molecular weight is 207 g/mol. The van der Waals surface area contributed by atoms with Crippen LogP contribution in [-0.4, -0.2) is 13.1 Å². The zero-order chi connectivity index (χ0) is 10.7. The van der Waals surface area contributed by atoms with Crippen molar-refractivity contribution in [3.63, 3.8) is 0 Å². The highest BCUT2D eigenvalue weighted by molar-refractivity contribution is 5.38. The molecule has 1 heteroatoms. The predicted octanol–water partition coefficient (Wildman–Crippen LogP) is 3.53. The van der Waals surface area contributed by atoms with E-state index in [4.69, 9.17) is 0 Å². The van der Waals surface area contributed by atoms with Gasteiger partial charge in [0.05, 0.1) is 0 Å². The number of hydrogen-bond donors (Lipinski definition) is 1. The molecule has 0 bridgehead atoms. The van der Waals surface area contributed by atoms with Crippen molar-refractivity contribution >= 4 is 0 Å². The van der Waals surface area contributed by atoms with E-state index in [-0.39, 0.29) is 1.43 Å². The van der Waals surface area contributed by atoms with Crippen LogP contribution in [0.3, 0.4) is 0 Å². The van der Waals surface area contributed by atoms with Gasteiger partial charge in [-0.15, -0.1) is 0 Å². The molecule has 2 unspecified atom stereocenters. The highest BCUT2D eigenvalue weighted by atomic mass is 15.0. The molecular formula is C14H25N. The van der Waals surface area contributed by atoms with Gasteiger partial charge in [0.1, 0.15) is 0 Å². The second-order valence-corrected chi connectivity index (χ2v) is 5.03. The Bertz CT molecular complexity index is 282. The van der Waals surface area contributed by atoms with Gasteiger partial charge in [-0.1, -0.05) is 38.5 Å². The maximum atomic E-state index is 3.49. The van der Waals surface area contributed by atoms with Crippen molar-refractivity contribution in [2.75, 3.05) is 13.1 Å². The van der Waals surface area contributed by atoms with Crippen LogP contribution < -0.4 is 5.32 Å². The maximum Gasteiger partial charge on any atom is 0.0118 e. The molecule has 0 aromatic rings. The van der Waals surface area contributed by atoms with Crippen LogP contribution in [-0.2, 0) is 0 Å². The molecule has 86 valence electrons. The molecule has 0 spiro atoms. The van der Waals surface area contributed by atoms with E-state index < -0.39 is 0 Å². The molecule has 1 N–H and O–H groups in total. The van der Waals surface area contributed by atoms with Gasteiger partial charge in [0.25, 0.3) is 0 Å². The van der Waals surface area contributed by atoms with Crippen molar-refractivity contribution in [2.45, 2.75) is 39.5 Å². The fourth-order valence-corrected chi connectivity index (χ4v) is 2.77. The molecule has 2 atom stereocenters. The predicted molar refractivity (Wildman–Crippen MR) is 67.9 cm³/mol. The van der Waals surface area contributed by atoms with E-state index >= 15 is 0 Å². The molecule has 15 heavy (non-hydrogen) atoms. The van der Waals surface area contributed by atoms with Gasteiger partial charge in [0.2, 0.25) is 0 Å². The van der Waals surface area contributed by atoms with Crippen molar-refractivity contribution in [3.8, 4) is 0 Å². The zero-order valence-electron chi connectivity index (χ0n) is 10.1. The van der Waals surface area contributed by atoms with Crippen LogP contribution in [0, 0.1) is 11.3 Å². The van der Waals surface area contributed by atoms with Crippen LogP contribution >= 0.6 is 0 Å². The van der Waals surface area contributed by atoms with Gasteiger partial charge in [0.15, 0.2) is 0 Å². The summed E-state index contributed by atoms with van der Waals surface area (Å²) in [5, 5.41) is 3.49. The Balaban J connectivity index is 0.000000292. The molecule has 2 fully saturated rings. The summed E-state index contributed by atoms with van der Waals surface area (Å²) in [4.78, 5) is 0. The van der Waals surface area contributed by atoms with Gasteiger partial charge < -0.3 is 5.32 Å². The number of nitrogens with one attached hydrogen (secondary N) is 1. The molecule has 0 radical (unpaired) electrons. The molecule has 1 nitrogen and oxygen atoms in total. The van der Waals surface area contributed by atoms with E-state index in [2.05, 4.69) is 37.4 Å². The lowest BCUT2D eigenvalue weighted by Crippen LogP contribution is -2.17. The number of allylic oxidation sites excluding steroid dienone is 3. The molecular weight excluding hydrogens is 182 g/mol. The molecule has 1 aliphatic heterocycles. The molecule has 1 saturated heterocycles. The first kappa shape index (κ1) is 10.9. The molecule has 0 amide bonds. The number of hydrogen-bond acceptors (Lipinski definition) is 1. The Morgan fingerprint density at radius 3 is 2.73 bits per heavy atom. The maximum absolute atomic E-state index is 3.49. The SMILES string of the molecule is C1=CC(C23CNCC2C3)=CCC1.CCC.[HH]. The summed E-state index contributed by atoms with van der Waals surface area (Å²) < 4.78 is 0. The summed E-state index contributed by atoms with van der Waals surface area (Å²) >= 11 is 0. The molecule has 0 aromatic heterocycles. The fraction of sp³-hybridized carbons (Fsp3) is 0.714. The number of piperidine rings is 1. The van der Waals surface area contributed by atoms with Gasteiger partial charge in [-0.3, -0.25) is 0 Å². The second kappa shape index (κ2) is 4.52. The Hall–Kier alpha value is -0.560. The number of fused-ring (bicyclic) bond motifs is 1. The summed E-state index contributed by atoms with van der Waals surface area (Å²) in [5.41, 5.74) is 2.22. The third-order valence-electron chi connectivity index (χ3n) is 3.63. The lowest BCUT2D eigenvalue weighted by Gasteiger charge is -2.15. The van der Waals surface area contributed by atoms with E-state index in [1.54, 1.807) is 5.57 Å². The van der Waals surface area contributed by atoms with Gasteiger partial charge in [-0.25, -0.2) is 0 Å². The van der Waals surface area contributed by atoms with Crippen LogP contribution in [0.25, 0.3) is 0 Å². The molecule has 0 aromatic carbocycles. The molecule has 2 aliphatic carbocycles. The van der Waals surface area contributed by atoms with E-state index in [9.17, 15) is 0 Å². The summed E-state index contributed by atoms with van der Waals surface area (Å²) in [6.07, 6.45) is 12.3. The van der Waals surface area contributed by atoms with Crippen molar-refractivity contribution in [2.24, 2.45) is 11.3 Å². The monoisotopic (exact) mass is 207 g/mol. The third-order valence-corrected chi connectivity index (χ3v) is 3.63. The van der Waals surface area contributed by atoms with Crippen molar-refractivity contribution in [3.05, 3.63) is 23.8 Å². The minimum Gasteiger partial charge on any atom is -0.316 e. The van der Waals surface area contributed by atoms with E-state index in [0.717, 1.165) is 5.92 Å². The van der Waals surface area contributed by atoms with E-state index in [1.165, 1.54) is 38.8 Å². The van der Waals surface area contributed by atoms with Crippen LogP contribution in [0.2, 0.25) is 0 Å². The molecule has 1 saturated carbocycles. The lowest BCUT2D eigenvalue weighted by atomic mass is 9.90. The lowest BCUT2D eigenvalue weighted by molar-refractivity contribution is 0.614. The summed E-state index contributed by atoms with van der Waals surface area (Å²) in [7, 11) is 0. The van der Waals surface area contributed by atoms with Crippen molar-refractivity contribution < 1.29 is 1.43 Å². The van der Waals surface area contributed by atoms with Crippen LogP contribution in [0.4, 0.5) is 0 Å². The smallest absolute Gasteiger partial charge is 0.0118 e. The molecule has 1 heterocycles. The highest BCUT2D eigenvalue weighted by Crippen LogP contribution is 2.60. The van der Waals surface area contributed by atoms with Gasteiger partial charge >= 0.3 is 0 Å². The molecule has 3 rings (SSSR count). The number of rotatable bonds is 1. The third kappa shape index (κ3) is 2.03. The molecule has 3 aliphatic rings. The quantitative estimate of drug-likeness (QED) is 0.693.